The van der Waals surface area contributed by atoms with Crippen molar-refractivity contribution in [1.29, 1.82) is 0 Å². The van der Waals surface area contributed by atoms with Gasteiger partial charge in [-0.3, -0.25) is 9.59 Å². The van der Waals surface area contributed by atoms with Gasteiger partial charge in [-0.15, -0.1) is 0 Å². The molecular formula is C18H17NO5. The number of methoxy groups -OCH3 is 1. The van der Waals surface area contributed by atoms with E-state index in [2.05, 4.69) is 10.1 Å². The van der Waals surface area contributed by atoms with Gasteiger partial charge in [0.1, 0.15) is 5.75 Å². The molecule has 124 valence electrons. The fourth-order valence-corrected chi connectivity index (χ4v) is 1.93. The van der Waals surface area contributed by atoms with Crippen LogP contribution in [0.5, 0.6) is 5.75 Å². The van der Waals surface area contributed by atoms with Gasteiger partial charge in [0.15, 0.2) is 0 Å². The number of nitrogens with one attached hydrogen (secondary N) is 1. The van der Waals surface area contributed by atoms with E-state index in [0.717, 1.165) is 0 Å². The quantitative estimate of drug-likeness (QED) is 0.650. The topological polar surface area (TPSA) is 81.7 Å². The maximum absolute atomic E-state index is 11.8. The van der Waals surface area contributed by atoms with Crippen molar-refractivity contribution in [1.82, 2.24) is 5.32 Å². The summed E-state index contributed by atoms with van der Waals surface area (Å²) in [5.74, 6) is -0.862. The van der Waals surface area contributed by atoms with E-state index in [1.807, 2.05) is 6.07 Å². The molecule has 0 aromatic heterocycles. The molecule has 0 radical (unpaired) electrons. The van der Waals surface area contributed by atoms with E-state index in [1.54, 1.807) is 24.3 Å². The van der Waals surface area contributed by atoms with Crippen molar-refractivity contribution in [2.45, 2.75) is 6.42 Å². The number of hydrogen-bond acceptors (Lipinski definition) is 5. The van der Waals surface area contributed by atoms with Crippen LogP contribution in [0.2, 0.25) is 0 Å². The van der Waals surface area contributed by atoms with Crippen molar-refractivity contribution in [3.8, 4) is 5.75 Å². The van der Waals surface area contributed by atoms with Gasteiger partial charge in [-0.25, -0.2) is 4.79 Å². The van der Waals surface area contributed by atoms with Crippen LogP contribution in [-0.4, -0.2) is 31.5 Å². The molecule has 1 amide bonds. The average Bonchev–Trinajstić information content (AvgIpc) is 2.62. The van der Waals surface area contributed by atoms with Crippen LogP contribution >= 0.6 is 0 Å². The molecule has 24 heavy (non-hydrogen) atoms. The summed E-state index contributed by atoms with van der Waals surface area (Å²) in [6.07, 6.45) is 0.0390. The molecule has 2 aromatic rings. The van der Waals surface area contributed by atoms with Crippen molar-refractivity contribution >= 4 is 17.8 Å². The maximum Gasteiger partial charge on any atom is 0.337 e. The first kappa shape index (κ1) is 17.2. The van der Waals surface area contributed by atoms with E-state index in [9.17, 15) is 14.4 Å². The fraction of sp³-hybridized carbons (Fsp3) is 0.167. The second kappa shape index (κ2) is 8.47. The molecule has 6 heteroatoms. The van der Waals surface area contributed by atoms with Crippen LogP contribution in [0, 0.1) is 0 Å². The Morgan fingerprint density at radius 2 is 1.58 bits per heavy atom. The lowest BCUT2D eigenvalue weighted by atomic mass is 10.2. The molecule has 2 rings (SSSR count). The lowest BCUT2D eigenvalue weighted by Crippen LogP contribution is -2.27. The third-order valence-electron chi connectivity index (χ3n) is 3.16. The zero-order valence-electron chi connectivity index (χ0n) is 13.2. The molecule has 0 aliphatic carbocycles. The highest BCUT2D eigenvalue weighted by Gasteiger charge is 2.09. The molecule has 0 saturated heterocycles. The van der Waals surface area contributed by atoms with Gasteiger partial charge in [0, 0.05) is 12.1 Å². The first-order valence-electron chi connectivity index (χ1n) is 7.32. The van der Waals surface area contributed by atoms with Crippen LogP contribution in [0.3, 0.4) is 0 Å². The first-order valence-corrected chi connectivity index (χ1v) is 7.32. The Labute approximate surface area is 139 Å². The number of carbonyl (C=O) groups excluding carboxylic acids is 3. The second-order valence-electron chi connectivity index (χ2n) is 4.86. The van der Waals surface area contributed by atoms with E-state index in [1.165, 1.54) is 31.4 Å². The zero-order chi connectivity index (χ0) is 17.4. The summed E-state index contributed by atoms with van der Waals surface area (Å²) >= 11 is 0. The predicted molar refractivity (Wildman–Crippen MR) is 86.8 cm³/mol. The lowest BCUT2D eigenvalue weighted by Gasteiger charge is -2.06. The first-order chi connectivity index (χ1) is 11.6. The molecule has 6 nitrogen and oxygen atoms in total. The summed E-state index contributed by atoms with van der Waals surface area (Å²) < 4.78 is 9.71. The van der Waals surface area contributed by atoms with Gasteiger partial charge in [-0.1, -0.05) is 18.2 Å². The zero-order valence-corrected chi connectivity index (χ0v) is 13.2. The predicted octanol–water partition coefficient (Wildman–Crippen LogP) is 2.20. The summed E-state index contributed by atoms with van der Waals surface area (Å²) in [5, 5.41) is 2.65. The molecular weight excluding hydrogens is 310 g/mol. The molecule has 0 aliphatic rings. The minimum atomic E-state index is -0.478. The van der Waals surface area contributed by atoms with Gasteiger partial charge in [0.25, 0.3) is 5.91 Å². The van der Waals surface area contributed by atoms with Crippen LogP contribution in [0.4, 0.5) is 0 Å². The summed E-state index contributed by atoms with van der Waals surface area (Å²) in [7, 11) is 1.29. The van der Waals surface area contributed by atoms with E-state index in [4.69, 9.17) is 4.74 Å². The Kier molecular flexibility index (Phi) is 6.08. The average molecular weight is 327 g/mol. The van der Waals surface area contributed by atoms with E-state index in [0.29, 0.717) is 16.9 Å². The van der Waals surface area contributed by atoms with Crippen LogP contribution in [0.25, 0.3) is 0 Å². The smallest absolute Gasteiger partial charge is 0.337 e. The molecule has 0 saturated carbocycles. The Morgan fingerprint density at radius 1 is 0.917 bits per heavy atom. The Hall–Kier alpha value is -3.15. The van der Waals surface area contributed by atoms with Gasteiger partial charge in [0.05, 0.1) is 19.1 Å². The molecule has 0 bridgehead atoms. The standard InChI is InChI=1S/C18H17NO5/c1-23-18(22)14-7-9-15(10-8-14)24-16(20)11-12-19-17(21)13-5-3-2-4-6-13/h2-10H,11-12H2,1H3,(H,19,21). The molecule has 0 fully saturated rings. The second-order valence-corrected chi connectivity index (χ2v) is 4.86. The molecule has 2 aromatic carbocycles. The van der Waals surface area contributed by atoms with Crippen LogP contribution in [-0.2, 0) is 9.53 Å². The van der Waals surface area contributed by atoms with Crippen molar-refractivity contribution in [3.05, 3.63) is 65.7 Å². The molecule has 0 unspecified atom stereocenters. The Morgan fingerprint density at radius 3 is 2.21 bits per heavy atom. The monoisotopic (exact) mass is 327 g/mol. The minimum Gasteiger partial charge on any atom is -0.465 e. The van der Waals surface area contributed by atoms with Gasteiger partial charge in [-0.05, 0) is 36.4 Å². The molecule has 0 atom stereocenters. The highest BCUT2D eigenvalue weighted by Crippen LogP contribution is 2.13. The van der Waals surface area contributed by atoms with Crippen molar-refractivity contribution in [2.24, 2.45) is 0 Å². The highest BCUT2D eigenvalue weighted by molar-refractivity contribution is 5.94. The van der Waals surface area contributed by atoms with Gasteiger partial charge in [0.2, 0.25) is 0 Å². The van der Waals surface area contributed by atoms with Crippen LogP contribution in [0.15, 0.2) is 54.6 Å². The van der Waals surface area contributed by atoms with Crippen molar-refractivity contribution in [3.63, 3.8) is 0 Å². The Bertz CT molecular complexity index is 710. The number of esters is 2. The van der Waals surface area contributed by atoms with Crippen molar-refractivity contribution < 1.29 is 23.9 Å². The van der Waals surface area contributed by atoms with Gasteiger partial charge >= 0.3 is 11.9 Å². The lowest BCUT2D eigenvalue weighted by molar-refractivity contribution is -0.134. The SMILES string of the molecule is COC(=O)c1ccc(OC(=O)CCNC(=O)c2ccccc2)cc1. The normalized spacial score (nSPS) is 9.88. The summed E-state index contributed by atoms with van der Waals surface area (Å²) in [4.78, 5) is 34.8. The summed E-state index contributed by atoms with van der Waals surface area (Å²) in [5.41, 5.74) is 0.900. The van der Waals surface area contributed by atoms with Crippen LogP contribution < -0.4 is 10.1 Å². The van der Waals surface area contributed by atoms with E-state index in [-0.39, 0.29) is 18.9 Å². The Balaban J connectivity index is 1.77. The molecule has 0 aliphatic heterocycles. The summed E-state index contributed by atoms with van der Waals surface area (Å²) in [6, 6.07) is 14.8. The van der Waals surface area contributed by atoms with E-state index >= 15 is 0 Å². The highest BCUT2D eigenvalue weighted by atomic mass is 16.5. The minimum absolute atomic E-state index is 0.0390. The van der Waals surface area contributed by atoms with E-state index < -0.39 is 11.9 Å². The number of benzene rings is 2. The molecule has 1 N–H and O–H groups in total. The van der Waals surface area contributed by atoms with Gasteiger partial charge in [-0.2, -0.15) is 0 Å². The number of rotatable bonds is 6. The molecule has 0 spiro atoms. The number of carbonyl (C=O) groups is 3. The van der Waals surface area contributed by atoms with Gasteiger partial charge < -0.3 is 14.8 Å². The van der Waals surface area contributed by atoms with Crippen molar-refractivity contribution in [2.75, 3.05) is 13.7 Å². The largest absolute Gasteiger partial charge is 0.465 e. The third-order valence-corrected chi connectivity index (χ3v) is 3.16. The number of hydrogen-bond donors (Lipinski definition) is 1. The van der Waals surface area contributed by atoms with Crippen LogP contribution in [0.1, 0.15) is 27.1 Å². The molecule has 0 heterocycles. The number of amides is 1. The number of ether oxygens (including phenoxy) is 2. The fourth-order valence-electron chi connectivity index (χ4n) is 1.93. The maximum atomic E-state index is 11.8. The summed E-state index contributed by atoms with van der Waals surface area (Å²) in [6.45, 7) is 0.173. The third kappa shape index (κ3) is 4.95.